The molecular formula is C65H108O6. The Morgan fingerprint density at radius 2 is 0.549 bits per heavy atom. The van der Waals surface area contributed by atoms with E-state index in [1.165, 1.54) is 103 Å². The Bertz CT molecular complexity index is 1460. The zero-order valence-electron chi connectivity index (χ0n) is 46.2. The minimum atomic E-state index is -0.799. The molecular weight excluding hydrogens is 877 g/mol. The second-order valence-electron chi connectivity index (χ2n) is 19.1. The number of ether oxygens (including phenoxy) is 3. The zero-order valence-corrected chi connectivity index (χ0v) is 46.2. The molecule has 0 spiro atoms. The number of rotatable bonds is 52. The van der Waals surface area contributed by atoms with Crippen LogP contribution in [0.15, 0.2) is 109 Å². The molecule has 0 aromatic carbocycles. The summed E-state index contributed by atoms with van der Waals surface area (Å²) in [5.74, 6) is -0.935. The van der Waals surface area contributed by atoms with Crippen LogP contribution in [-0.2, 0) is 28.6 Å². The molecule has 71 heavy (non-hydrogen) atoms. The van der Waals surface area contributed by atoms with Crippen molar-refractivity contribution in [2.24, 2.45) is 0 Å². The SMILES string of the molecule is CC/C=C\C/C=C\C/C=C\C/C=C\C/C=C\CCCCCCCCCCCCCC(=O)OCC(COC(=O)CCCCCCC/C=C\CCCCCC)OC(=O)CCCCC/C=C\C/C=C\C/C=C\CC. The lowest BCUT2D eigenvalue weighted by Gasteiger charge is -2.18. The molecule has 0 bridgehead atoms. The molecule has 0 aromatic rings. The molecule has 0 aliphatic rings. The van der Waals surface area contributed by atoms with Gasteiger partial charge in [0.1, 0.15) is 13.2 Å². The van der Waals surface area contributed by atoms with Gasteiger partial charge in [-0.15, -0.1) is 0 Å². The van der Waals surface area contributed by atoms with Crippen LogP contribution in [0.4, 0.5) is 0 Å². The van der Waals surface area contributed by atoms with Crippen LogP contribution in [0.5, 0.6) is 0 Å². The fraction of sp³-hybridized carbons (Fsp3) is 0.677. The van der Waals surface area contributed by atoms with E-state index >= 15 is 0 Å². The first-order chi connectivity index (χ1) is 35.0. The number of unbranched alkanes of at least 4 members (excludes halogenated alkanes) is 23. The van der Waals surface area contributed by atoms with Gasteiger partial charge in [0, 0.05) is 19.3 Å². The largest absolute Gasteiger partial charge is 0.462 e. The van der Waals surface area contributed by atoms with Crippen molar-refractivity contribution in [2.75, 3.05) is 13.2 Å². The Hall–Kier alpha value is -3.93. The molecule has 1 atom stereocenters. The molecule has 0 saturated heterocycles. The number of carbonyl (C=O) groups is 3. The molecule has 0 rings (SSSR count). The summed E-state index contributed by atoms with van der Waals surface area (Å²) in [6.45, 7) is 6.36. The number of carbonyl (C=O) groups excluding carboxylic acids is 3. The van der Waals surface area contributed by atoms with E-state index < -0.39 is 6.10 Å². The second kappa shape index (κ2) is 58.6. The van der Waals surface area contributed by atoms with E-state index in [4.69, 9.17) is 14.2 Å². The molecule has 0 aromatic heterocycles. The Labute approximate surface area is 438 Å². The zero-order chi connectivity index (χ0) is 51.4. The first-order valence-electron chi connectivity index (χ1n) is 29.4. The van der Waals surface area contributed by atoms with Gasteiger partial charge >= 0.3 is 17.9 Å². The molecule has 0 aliphatic heterocycles. The van der Waals surface area contributed by atoms with Crippen LogP contribution in [0.2, 0.25) is 0 Å². The number of esters is 3. The average molecular weight is 986 g/mol. The van der Waals surface area contributed by atoms with Gasteiger partial charge in [-0.25, -0.2) is 0 Å². The Kier molecular flexibility index (Phi) is 55.4. The van der Waals surface area contributed by atoms with E-state index in [1.54, 1.807) is 0 Å². The van der Waals surface area contributed by atoms with Gasteiger partial charge in [0.2, 0.25) is 0 Å². The molecule has 0 N–H and O–H groups in total. The Morgan fingerprint density at radius 1 is 0.296 bits per heavy atom. The smallest absolute Gasteiger partial charge is 0.306 e. The molecule has 0 amide bonds. The van der Waals surface area contributed by atoms with Crippen LogP contribution in [0.1, 0.15) is 265 Å². The van der Waals surface area contributed by atoms with Crippen LogP contribution in [-0.4, -0.2) is 37.2 Å². The topological polar surface area (TPSA) is 78.9 Å². The summed E-state index contributed by atoms with van der Waals surface area (Å²) in [4.78, 5) is 38.1. The van der Waals surface area contributed by atoms with E-state index in [-0.39, 0.29) is 37.5 Å². The molecule has 0 aliphatic carbocycles. The first kappa shape index (κ1) is 67.1. The van der Waals surface area contributed by atoms with Crippen molar-refractivity contribution < 1.29 is 28.6 Å². The molecule has 0 heterocycles. The second-order valence-corrected chi connectivity index (χ2v) is 19.1. The van der Waals surface area contributed by atoms with E-state index in [0.717, 1.165) is 122 Å². The van der Waals surface area contributed by atoms with Gasteiger partial charge in [-0.05, 0) is 122 Å². The lowest BCUT2D eigenvalue weighted by molar-refractivity contribution is -0.167. The third-order valence-electron chi connectivity index (χ3n) is 12.2. The summed E-state index contributed by atoms with van der Waals surface area (Å²) < 4.78 is 16.8. The normalized spacial score (nSPS) is 12.9. The van der Waals surface area contributed by atoms with E-state index in [0.29, 0.717) is 12.8 Å². The Morgan fingerprint density at radius 3 is 0.887 bits per heavy atom. The maximum absolute atomic E-state index is 12.8. The predicted octanol–water partition coefficient (Wildman–Crippen LogP) is 19.9. The van der Waals surface area contributed by atoms with Gasteiger partial charge in [-0.2, -0.15) is 0 Å². The highest BCUT2D eigenvalue weighted by Crippen LogP contribution is 2.15. The van der Waals surface area contributed by atoms with Crippen molar-refractivity contribution in [1.82, 2.24) is 0 Å². The fourth-order valence-electron chi connectivity index (χ4n) is 7.89. The van der Waals surface area contributed by atoms with Gasteiger partial charge in [0.05, 0.1) is 0 Å². The molecule has 0 saturated carbocycles. The number of allylic oxidation sites excluding steroid dienone is 18. The number of hydrogen-bond acceptors (Lipinski definition) is 6. The third-order valence-corrected chi connectivity index (χ3v) is 12.2. The fourth-order valence-corrected chi connectivity index (χ4v) is 7.89. The summed E-state index contributed by atoms with van der Waals surface area (Å²) in [6, 6.07) is 0. The van der Waals surface area contributed by atoms with Crippen molar-refractivity contribution in [3.05, 3.63) is 109 Å². The summed E-state index contributed by atoms with van der Waals surface area (Å²) in [5.41, 5.74) is 0. The average Bonchev–Trinajstić information content (AvgIpc) is 3.37. The highest BCUT2D eigenvalue weighted by atomic mass is 16.6. The highest BCUT2D eigenvalue weighted by Gasteiger charge is 2.19. The number of hydrogen-bond donors (Lipinski definition) is 0. The summed E-state index contributed by atoms with van der Waals surface area (Å²) in [6.07, 6.45) is 79.5. The highest BCUT2D eigenvalue weighted by molar-refractivity contribution is 5.71. The minimum absolute atomic E-state index is 0.0947. The Balaban J connectivity index is 4.29. The maximum atomic E-state index is 12.8. The van der Waals surface area contributed by atoms with Crippen molar-refractivity contribution in [2.45, 2.75) is 271 Å². The third kappa shape index (κ3) is 56.9. The lowest BCUT2D eigenvalue weighted by atomic mass is 10.0. The van der Waals surface area contributed by atoms with Gasteiger partial charge in [-0.1, -0.05) is 233 Å². The molecule has 6 nitrogen and oxygen atoms in total. The standard InChI is InChI=1S/C65H108O6/c1-4-7-10-13-16-19-22-25-26-27-28-29-30-31-32-33-34-35-36-37-38-41-43-46-49-52-55-58-64(67)70-61-62(71-65(68)59-56-53-50-47-44-40-24-21-18-15-12-9-6-3)60-69-63(66)57-54-51-48-45-42-39-23-20-17-14-11-8-5-2/h7,9-10,12,16,18-21,23,25-26,28-29,31-32,40,44,62H,4-6,8,11,13-15,17,22,24,27,30,33-39,41-43,45-61H2,1-3H3/b10-7-,12-9-,19-16-,21-18-,23-20-,26-25-,29-28-,32-31-,44-40-. The van der Waals surface area contributed by atoms with Crippen LogP contribution in [0, 0.1) is 0 Å². The van der Waals surface area contributed by atoms with Crippen molar-refractivity contribution >= 4 is 17.9 Å². The van der Waals surface area contributed by atoms with Crippen LogP contribution in [0.3, 0.4) is 0 Å². The molecule has 6 heteroatoms. The molecule has 0 fully saturated rings. The molecule has 404 valence electrons. The van der Waals surface area contributed by atoms with Gasteiger partial charge in [0.15, 0.2) is 6.10 Å². The van der Waals surface area contributed by atoms with Crippen LogP contribution >= 0.6 is 0 Å². The van der Waals surface area contributed by atoms with Gasteiger partial charge in [-0.3, -0.25) is 14.4 Å². The van der Waals surface area contributed by atoms with Crippen molar-refractivity contribution in [3.8, 4) is 0 Å². The lowest BCUT2D eigenvalue weighted by Crippen LogP contribution is -2.30. The molecule has 1 unspecified atom stereocenters. The van der Waals surface area contributed by atoms with E-state index in [1.807, 2.05) is 0 Å². The summed E-state index contributed by atoms with van der Waals surface area (Å²) in [5, 5.41) is 0. The van der Waals surface area contributed by atoms with E-state index in [9.17, 15) is 14.4 Å². The van der Waals surface area contributed by atoms with Crippen LogP contribution in [0.25, 0.3) is 0 Å². The minimum Gasteiger partial charge on any atom is -0.462 e. The maximum Gasteiger partial charge on any atom is 0.306 e. The van der Waals surface area contributed by atoms with Crippen molar-refractivity contribution in [3.63, 3.8) is 0 Å². The van der Waals surface area contributed by atoms with Crippen LogP contribution < -0.4 is 0 Å². The van der Waals surface area contributed by atoms with E-state index in [2.05, 4.69) is 130 Å². The van der Waals surface area contributed by atoms with Gasteiger partial charge in [0.25, 0.3) is 0 Å². The first-order valence-corrected chi connectivity index (χ1v) is 29.4. The summed E-state index contributed by atoms with van der Waals surface area (Å²) >= 11 is 0. The summed E-state index contributed by atoms with van der Waals surface area (Å²) in [7, 11) is 0. The van der Waals surface area contributed by atoms with Gasteiger partial charge < -0.3 is 14.2 Å². The molecule has 0 radical (unpaired) electrons. The predicted molar refractivity (Wildman–Crippen MR) is 307 cm³/mol. The quantitative estimate of drug-likeness (QED) is 0.0261. The van der Waals surface area contributed by atoms with Crippen molar-refractivity contribution in [1.29, 1.82) is 0 Å². The monoisotopic (exact) mass is 985 g/mol.